The molecule has 162 valence electrons. The molecule has 6 rings (SSSR count). The summed E-state index contributed by atoms with van der Waals surface area (Å²) in [4.78, 5) is 55.2. The zero-order chi connectivity index (χ0) is 22.4. The van der Waals surface area contributed by atoms with Gasteiger partial charge in [0.15, 0.2) is 0 Å². The minimum Gasteiger partial charge on any atom is -0.324 e. The molecule has 9 heteroatoms. The Kier molecular flexibility index (Phi) is 3.72. The Morgan fingerprint density at radius 1 is 1.09 bits per heavy atom. The number of anilines is 2. The smallest absolute Gasteiger partial charge is 0.274 e. The average molecular weight is 432 g/mol. The predicted molar refractivity (Wildman–Crippen MR) is 114 cm³/mol. The molecule has 4 atom stereocenters. The summed E-state index contributed by atoms with van der Waals surface area (Å²) in [6, 6.07) is 11.5. The lowest BCUT2D eigenvalue weighted by Gasteiger charge is -2.36. The van der Waals surface area contributed by atoms with Gasteiger partial charge in [-0.15, -0.1) is 0 Å². The second-order valence-corrected chi connectivity index (χ2v) is 8.86. The van der Waals surface area contributed by atoms with Gasteiger partial charge in [0.05, 0.1) is 28.0 Å². The van der Waals surface area contributed by atoms with Gasteiger partial charge in [0.25, 0.3) is 5.69 Å². The Morgan fingerprint density at radius 3 is 2.66 bits per heavy atom. The van der Waals surface area contributed by atoms with Crippen molar-refractivity contribution in [2.24, 2.45) is 11.8 Å². The van der Waals surface area contributed by atoms with Crippen molar-refractivity contribution >= 4 is 34.8 Å². The third-order valence-corrected chi connectivity index (χ3v) is 7.61. The van der Waals surface area contributed by atoms with Gasteiger partial charge in [-0.3, -0.25) is 29.4 Å². The van der Waals surface area contributed by atoms with Crippen LogP contribution in [0.2, 0.25) is 0 Å². The number of carbonyl (C=O) groups is 3. The van der Waals surface area contributed by atoms with Gasteiger partial charge >= 0.3 is 0 Å². The highest BCUT2D eigenvalue weighted by atomic mass is 16.6. The van der Waals surface area contributed by atoms with E-state index in [-0.39, 0.29) is 34.8 Å². The van der Waals surface area contributed by atoms with Crippen molar-refractivity contribution in [2.75, 3.05) is 16.8 Å². The molecule has 0 radical (unpaired) electrons. The second kappa shape index (κ2) is 6.23. The molecule has 3 fully saturated rings. The number of hydrogen-bond donors (Lipinski definition) is 1. The van der Waals surface area contributed by atoms with E-state index in [4.69, 9.17) is 0 Å². The van der Waals surface area contributed by atoms with Crippen molar-refractivity contribution in [3.63, 3.8) is 0 Å². The molecule has 0 aromatic heterocycles. The van der Waals surface area contributed by atoms with Crippen LogP contribution in [0.25, 0.3) is 0 Å². The third kappa shape index (κ3) is 2.04. The summed E-state index contributed by atoms with van der Waals surface area (Å²) in [7, 11) is 0. The fourth-order valence-electron chi connectivity index (χ4n) is 6.45. The van der Waals surface area contributed by atoms with Crippen molar-refractivity contribution < 1.29 is 19.3 Å². The topological polar surface area (TPSA) is 113 Å². The number of hydrogen-bond acceptors (Lipinski definition) is 6. The Morgan fingerprint density at radius 2 is 1.88 bits per heavy atom. The largest absolute Gasteiger partial charge is 0.324 e. The van der Waals surface area contributed by atoms with Crippen LogP contribution in [0.3, 0.4) is 0 Å². The maximum absolute atomic E-state index is 13.9. The number of benzene rings is 2. The quantitative estimate of drug-likeness (QED) is 0.443. The van der Waals surface area contributed by atoms with E-state index in [1.54, 1.807) is 6.07 Å². The van der Waals surface area contributed by atoms with E-state index in [0.717, 1.165) is 23.3 Å². The number of nitrogens with zero attached hydrogens (tertiary/aromatic N) is 3. The van der Waals surface area contributed by atoms with E-state index in [1.165, 1.54) is 19.1 Å². The maximum Gasteiger partial charge on any atom is 0.274 e. The first-order valence-corrected chi connectivity index (χ1v) is 10.7. The number of nitro benzene ring substituents is 1. The number of carbonyl (C=O) groups excluding carboxylic acids is 3. The second-order valence-electron chi connectivity index (χ2n) is 8.86. The molecule has 4 heterocycles. The average Bonchev–Trinajstić information content (AvgIpc) is 3.47. The Hall–Kier alpha value is -3.59. The van der Waals surface area contributed by atoms with Gasteiger partial charge in [0.2, 0.25) is 17.7 Å². The first-order valence-electron chi connectivity index (χ1n) is 10.7. The van der Waals surface area contributed by atoms with Crippen LogP contribution in [0.1, 0.15) is 24.0 Å². The maximum atomic E-state index is 13.9. The number of fused-ring (bicyclic) bond motifs is 7. The van der Waals surface area contributed by atoms with Crippen molar-refractivity contribution in [1.29, 1.82) is 0 Å². The highest BCUT2D eigenvalue weighted by molar-refractivity contribution is 6.26. The molecule has 3 saturated heterocycles. The van der Waals surface area contributed by atoms with Gasteiger partial charge < -0.3 is 5.32 Å². The number of imide groups is 1. The van der Waals surface area contributed by atoms with Crippen LogP contribution in [-0.2, 0) is 19.9 Å². The van der Waals surface area contributed by atoms with Crippen LogP contribution in [-0.4, -0.2) is 40.1 Å². The van der Waals surface area contributed by atoms with Crippen LogP contribution in [0.4, 0.5) is 17.1 Å². The summed E-state index contributed by atoms with van der Waals surface area (Å²) in [6.45, 7) is 2.17. The molecule has 0 saturated carbocycles. The molecule has 32 heavy (non-hydrogen) atoms. The Labute approximate surface area is 183 Å². The fourth-order valence-corrected chi connectivity index (χ4v) is 6.45. The number of rotatable bonds is 2. The van der Waals surface area contributed by atoms with Crippen LogP contribution >= 0.6 is 0 Å². The lowest BCUT2D eigenvalue weighted by atomic mass is 9.75. The number of nitro groups is 1. The molecule has 3 amide bonds. The SMILES string of the molecule is Cc1c(N2C(=O)[C@@H]3[C@@H]4CCCN4[C@@]4(C(=O)Nc5ccccc54)[C@H]3C2=O)cccc1[N+](=O)[O-]. The van der Waals surface area contributed by atoms with Crippen molar-refractivity contribution in [3.05, 3.63) is 63.7 Å². The standard InChI is InChI=1S/C23H20N4O5/c1-12-15(8-4-9-16(12)27(31)32)26-20(28)18-17-10-5-11-25(17)23(19(18)21(26)29)13-6-2-3-7-14(13)24-22(23)30/h2-4,6-9,17-19H,5,10-11H2,1H3,(H,24,30)/t17-,18+,19+,23+/m0/s1. The van der Waals surface area contributed by atoms with Gasteiger partial charge in [-0.1, -0.05) is 24.3 Å². The zero-order valence-electron chi connectivity index (χ0n) is 17.3. The van der Waals surface area contributed by atoms with E-state index < -0.39 is 28.2 Å². The first kappa shape index (κ1) is 19.1. The molecule has 2 aromatic rings. The monoisotopic (exact) mass is 432 g/mol. The molecule has 9 nitrogen and oxygen atoms in total. The van der Waals surface area contributed by atoms with Crippen molar-refractivity contribution in [3.8, 4) is 0 Å². The van der Waals surface area contributed by atoms with E-state index in [1.807, 2.05) is 24.3 Å². The Balaban J connectivity index is 1.55. The molecule has 4 aliphatic heterocycles. The molecule has 2 aromatic carbocycles. The summed E-state index contributed by atoms with van der Waals surface area (Å²) < 4.78 is 0. The number of nitrogens with one attached hydrogen (secondary N) is 1. The zero-order valence-corrected chi connectivity index (χ0v) is 17.3. The molecular weight excluding hydrogens is 412 g/mol. The summed E-state index contributed by atoms with van der Waals surface area (Å²) in [6.07, 6.45) is 1.56. The van der Waals surface area contributed by atoms with Gasteiger partial charge in [-0.2, -0.15) is 0 Å². The van der Waals surface area contributed by atoms with E-state index in [9.17, 15) is 24.5 Å². The fraction of sp³-hybridized carbons (Fsp3) is 0.348. The van der Waals surface area contributed by atoms with Crippen LogP contribution in [0.5, 0.6) is 0 Å². The summed E-state index contributed by atoms with van der Waals surface area (Å²) in [5.41, 5.74) is 0.472. The molecule has 1 N–H and O–H groups in total. The molecule has 4 aliphatic rings. The van der Waals surface area contributed by atoms with Crippen molar-refractivity contribution in [2.45, 2.75) is 31.3 Å². The van der Waals surface area contributed by atoms with Gasteiger partial charge in [0, 0.05) is 23.4 Å². The minimum absolute atomic E-state index is 0.152. The number of amides is 3. The van der Waals surface area contributed by atoms with Gasteiger partial charge in [0.1, 0.15) is 5.54 Å². The molecule has 0 unspecified atom stereocenters. The Bertz CT molecular complexity index is 1240. The summed E-state index contributed by atoms with van der Waals surface area (Å²) in [5.74, 6) is -2.67. The van der Waals surface area contributed by atoms with Crippen LogP contribution in [0.15, 0.2) is 42.5 Å². The van der Waals surface area contributed by atoms with Crippen LogP contribution < -0.4 is 10.2 Å². The van der Waals surface area contributed by atoms with Crippen LogP contribution in [0, 0.1) is 28.9 Å². The normalized spacial score (nSPS) is 30.6. The highest BCUT2D eigenvalue weighted by Crippen LogP contribution is 2.60. The van der Waals surface area contributed by atoms with Gasteiger partial charge in [-0.05, 0) is 38.4 Å². The van der Waals surface area contributed by atoms with E-state index >= 15 is 0 Å². The third-order valence-electron chi connectivity index (χ3n) is 7.61. The molecular formula is C23H20N4O5. The van der Waals surface area contributed by atoms with E-state index in [2.05, 4.69) is 10.2 Å². The van der Waals surface area contributed by atoms with Gasteiger partial charge in [-0.25, -0.2) is 4.90 Å². The molecule has 1 spiro atoms. The summed E-state index contributed by atoms with van der Waals surface area (Å²) >= 11 is 0. The van der Waals surface area contributed by atoms with E-state index in [0.29, 0.717) is 12.2 Å². The highest BCUT2D eigenvalue weighted by Gasteiger charge is 2.74. The minimum atomic E-state index is -1.24. The summed E-state index contributed by atoms with van der Waals surface area (Å²) in [5, 5.41) is 14.4. The van der Waals surface area contributed by atoms with Crippen molar-refractivity contribution in [1.82, 2.24) is 4.90 Å². The number of para-hydroxylation sites is 1. The first-order chi connectivity index (χ1) is 15.4. The lowest BCUT2D eigenvalue weighted by Crippen LogP contribution is -2.54. The molecule has 0 bridgehead atoms. The predicted octanol–water partition coefficient (Wildman–Crippen LogP) is 2.33. The molecule has 0 aliphatic carbocycles. The lowest BCUT2D eigenvalue weighted by molar-refractivity contribution is -0.385.